The quantitative estimate of drug-likeness (QED) is 0.307. The molecule has 1 fully saturated rings. The van der Waals surface area contributed by atoms with Gasteiger partial charge in [0.05, 0.1) is 10.8 Å². The summed E-state index contributed by atoms with van der Waals surface area (Å²) in [6.07, 6.45) is 2.69. The molecule has 40 heavy (non-hydrogen) atoms. The summed E-state index contributed by atoms with van der Waals surface area (Å²) in [6.45, 7) is 3.43. The highest BCUT2D eigenvalue weighted by atomic mass is 32.2. The number of sulfonamides is 1. The Hall–Kier alpha value is -4.02. The third-order valence-corrected chi connectivity index (χ3v) is 8.23. The van der Waals surface area contributed by atoms with Crippen molar-refractivity contribution in [3.8, 4) is 0 Å². The Morgan fingerprint density at radius 1 is 0.900 bits per heavy atom. The van der Waals surface area contributed by atoms with Gasteiger partial charge in [-0.2, -0.15) is 0 Å². The molecule has 9 nitrogen and oxygen atoms in total. The van der Waals surface area contributed by atoms with Gasteiger partial charge in [-0.3, -0.25) is 14.4 Å². The van der Waals surface area contributed by atoms with Crippen LogP contribution in [0.5, 0.6) is 0 Å². The van der Waals surface area contributed by atoms with E-state index in [1.54, 1.807) is 29.2 Å². The minimum absolute atomic E-state index is 0.00516. The van der Waals surface area contributed by atoms with E-state index in [1.165, 1.54) is 24.3 Å². The molecular formula is C30H34N4O5S. The average molecular weight is 563 g/mol. The Balaban J connectivity index is 1.27. The van der Waals surface area contributed by atoms with Crippen molar-refractivity contribution in [1.82, 2.24) is 9.62 Å². The maximum Gasteiger partial charge on any atom is 0.255 e. The molecule has 0 saturated carbocycles. The normalized spacial score (nSPS) is 15.2. The minimum atomic E-state index is -3.68. The smallest absolute Gasteiger partial charge is 0.255 e. The fourth-order valence-corrected chi connectivity index (χ4v) is 5.47. The summed E-state index contributed by atoms with van der Waals surface area (Å²) in [5, 5.41) is 5.58. The van der Waals surface area contributed by atoms with Crippen molar-refractivity contribution in [2.45, 2.75) is 37.5 Å². The van der Waals surface area contributed by atoms with Gasteiger partial charge in [-0.1, -0.05) is 43.7 Å². The molecule has 0 aromatic heterocycles. The Kier molecular flexibility index (Phi) is 9.68. The molecule has 0 aliphatic carbocycles. The van der Waals surface area contributed by atoms with Gasteiger partial charge in [0.15, 0.2) is 0 Å². The molecule has 1 atom stereocenters. The summed E-state index contributed by atoms with van der Waals surface area (Å²) in [6, 6.07) is 22.0. The van der Waals surface area contributed by atoms with Gasteiger partial charge in [0.2, 0.25) is 21.8 Å². The zero-order valence-corrected chi connectivity index (χ0v) is 23.2. The van der Waals surface area contributed by atoms with Gasteiger partial charge < -0.3 is 15.5 Å². The lowest BCUT2D eigenvalue weighted by atomic mass is 10.1. The molecule has 1 aliphatic rings. The van der Waals surface area contributed by atoms with Gasteiger partial charge in [-0.25, -0.2) is 13.1 Å². The molecule has 4 rings (SSSR count). The number of hydrogen-bond donors (Lipinski definition) is 3. The monoisotopic (exact) mass is 562 g/mol. The van der Waals surface area contributed by atoms with Crippen LogP contribution in [-0.2, 0) is 26.0 Å². The highest BCUT2D eigenvalue weighted by molar-refractivity contribution is 7.89. The van der Waals surface area contributed by atoms with Crippen molar-refractivity contribution in [2.24, 2.45) is 5.92 Å². The van der Waals surface area contributed by atoms with Crippen molar-refractivity contribution in [3.05, 3.63) is 90.0 Å². The summed E-state index contributed by atoms with van der Waals surface area (Å²) >= 11 is 0. The molecule has 3 aromatic rings. The summed E-state index contributed by atoms with van der Waals surface area (Å²) in [5.74, 6) is -0.972. The maximum absolute atomic E-state index is 12.7. The number of hydrogen-bond acceptors (Lipinski definition) is 5. The Morgan fingerprint density at radius 2 is 1.55 bits per heavy atom. The zero-order valence-electron chi connectivity index (χ0n) is 22.4. The standard InChI is InChI=1S/C30H34N4O5S/c1-2-3-19-34-21-24(20-28(34)35)30(37)33-25-11-9-23(10-12-25)29(36)32-26-13-15-27(16-14-26)40(38,39)31-18-17-22-7-5-4-6-8-22/h4-16,24,31H,2-3,17-21H2,1H3,(H,32,36)(H,33,37). The van der Waals surface area contributed by atoms with Gasteiger partial charge in [-0.15, -0.1) is 0 Å². The number of rotatable bonds is 12. The highest BCUT2D eigenvalue weighted by Gasteiger charge is 2.33. The van der Waals surface area contributed by atoms with Crippen LogP contribution < -0.4 is 15.4 Å². The molecule has 210 valence electrons. The fourth-order valence-electron chi connectivity index (χ4n) is 4.44. The number of carbonyl (C=O) groups excluding carboxylic acids is 3. The van der Waals surface area contributed by atoms with Gasteiger partial charge in [0, 0.05) is 43.0 Å². The minimum Gasteiger partial charge on any atom is -0.342 e. The van der Waals surface area contributed by atoms with E-state index < -0.39 is 15.9 Å². The van der Waals surface area contributed by atoms with Crippen LogP contribution >= 0.6 is 0 Å². The third kappa shape index (κ3) is 7.77. The lowest BCUT2D eigenvalue weighted by Gasteiger charge is -2.16. The van der Waals surface area contributed by atoms with Crippen molar-refractivity contribution in [3.63, 3.8) is 0 Å². The molecule has 0 radical (unpaired) electrons. The number of nitrogens with one attached hydrogen (secondary N) is 3. The second-order valence-corrected chi connectivity index (χ2v) is 11.5. The van der Waals surface area contributed by atoms with E-state index in [1.807, 2.05) is 30.3 Å². The van der Waals surface area contributed by atoms with Gasteiger partial charge in [0.1, 0.15) is 0 Å². The molecule has 3 amide bonds. The van der Waals surface area contributed by atoms with Crippen LogP contribution in [0.3, 0.4) is 0 Å². The molecule has 0 spiro atoms. The lowest BCUT2D eigenvalue weighted by Crippen LogP contribution is -2.29. The highest BCUT2D eigenvalue weighted by Crippen LogP contribution is 2.21. The van der Waals surface area contributed by atoms with Crippen molar-refractivity contribution in [2.75, 3.05) is 30.3 Å². The second kappa shape index (κ2) is 13.4. The van der Waals surface area contributed by atoms with Crippen LogP contribution in [0.2, 0.25) is 0 Å². The number of anilines is 2. The SMILES string of the molecule is CCCCN1CC(C(=O)Nc2ccc(C(=O)Nc3ccc(S(=O)(=O)NCCc4ccccc4)cc3)cc2)CC1=O. The number of benzene rings is 3. The molecule has 1 aliphatic heterocycles. The van der Waals surface area contributed by atoms with Crippen LogP contribution in [0.25, 0.3) is 0 Å². The van der Waals surface area contributed by atoms with Crippen LogP contribution in [0.4, 0.5) is 11.4 Å². The number of carbonyl (C=O) groups is 3. The van der Waals surface area contributed by atoms with Crippen LogP contribution in [-0.4, -0.2) is 50.7 Å². The Morgan fingerprint density at radius 3 is 2.23 bits per heavy atom. The van der Waals surface area contributed by atoms with E-state index in [9.17, 15) is 22.8 Å². The van der Waals surface area contributed by atoms with Crippen molar-refractivity contribution in [1.29, 1.82) is 0 Å². The third-order valence-electron chi connectivity index (χ3n) is 6.75. The summed E-state index contributed by atoms with van der Waals surface area (Å²) in [5.41, 5.74) is 2.40. The molecule has 3 N–H and O–H groups in total. The topological polar surface area (TPSA) is 125 Å². The van der Waals surface area contributed by atoms with Crippen molar-refractivity contribution >= 4 is 39.1 Å². The van der Waals surface area contributed by atoms with E-state index in [0.29, 0.717) is 36.4 Å². The fraction of sp³-hybridized carbons (Fsp3) is 0.300. The first-order chi connectivity index (χ1) is 19.2. The molecule has 1 unspecified atom stereocenters. The molecule has 0 bridgehead atoms. The zero-order chi connectivity index (χ0) is 28.5. The van der Waals surface area contributed by atoms with E-state index in [2.05, 4.69) is 22.3 Å². The number of nitrogens with zero attached hydrogens (tertiary/aromatic N) is 1. The largest absolute Gasteiger partial charge is 0.342 e. The van der Waals surface area contributed by atoms with Crippen LogP contribution in [0.15, 0.2) is 83.8 Å². The average Bonchev–Trinajstić information content (AvgIpc) is 3.33. The molecule has 3 aromatic carbocycles. The van der Waals surface area contributed by atoms with E-state index in [0.717, 1.165) is 18.4 Å². The van der Waals surface area contributed by atoms with Crippen LogP contribution in [0.1, 0.15) is 42.1 Å². The van der Waals surface area contributed by atoms with Crippen LogP contribution in [0, 0.1) is 5.92 Å². The summed E-state index contributed by atoms with van der Waals surface area (Å²) in [4.78, 5) is 39.3. The van der Waals surface area contributed by atoms with E-state index in [-0.39, 0.29) is 35.6 Å². The van der Waals surface area contributed by atoms with Gasteiger partial charge >= 0.3 is 0 Å². The number of likely N-dealkylation sites (tertiary alicyclic amines) is 1. The Labute approximate surface area is 235 Å². The first kappa shape index (κ1) is 29.0. The van der Waals surface area contributed by atoms with Gasteiger partial charge in [-0.05, 0) is 66.9 Å². The molecule has 1 saturated heterocycles. The van der Waals surface area contributed by atoms with Gasteiger partial charge in [0.25, 0.3) is 5.91 Å². The lowest BCUT2D eigenvalue weighted by molar-refractivity contribution is -0.128. The predicted molar refractivity (Wildman–Crippen MR) is 154 cm³/mol. The molecular weight excluding hydrogens is 528 g/mol. The summed E-state index contributed by atoms with van der Waals surface area (Å²) in [7, 11) is -3.68. The van der Waals surface area contributed by atoms with E-state index in [4.69, 9.17) is 0 Å². The Bertz CT molecular complexity index is 1430. The second-order valence-electron chi connectivity index (χ2n) is 9.77. The van der Waals surface area contributed by atoms with E-state index >= 15 is 0 Å². The molecule has 1 heterocycles. The maximum atomic E-state index is 12.7. The summed E-state index contributed by atoms with van der Waals surface area (Å²) < 4.78 is 27.8. The first-order valence-electron chi connectivity index (χ1n) is 13.4. The number of unbranched alkanes of at least 4 members (excludes halogenated alkanes) is 1. The van der Waals surface area contributed by atoms with Crippen molar-refractivity contribution < 1.29 is 22.8 Å². The first-order valence-corrected chi connectivity index (χ1v) is 14.9. The number of amides is 3. The predicted octanol–water partition coefficient (Wildman–Crippen LogP) is 4.05. The molecule has 10 heteroatoms.